The molecule has 0 bridgehead atoms. The van der Waals surface area contributed by atoms with Crippen molar-refractivity contribution in [2.45, 2.75) is 50.4 Å². The topological polar surface area (TPSA) is 237 Å². The van der Waals surface area contributed by atoms with Crippen LogP contribution < -0.4 is 0 Å². The Morgan fingerprint density at radius 1 is 0.358 bits per heavy atom. The molecule has 300 valence electrons. The van der Waals surface area contributed by atoms with E-state index < -0.39 is 42.2 Å². The number of hydrogen-bond acceptors (Lipinski definition) is 17. The second kappa shape index (κ2) is 38.3. The molecule has 0 aliphatic heterocycles. The van der Waals surface area contributed by atoms with Gasteiger partial charge in [0, 0.05) is 42.9 Å². The summed E-state index contributed by atoms with van der Waals surface area (Å²) in [6.45, 7) is 19.7. The van der Waals surface area contributed by atoms with E-state index in [0.717, 1.165) is 62.1 Å². The lowest BCUT2D eigenvalue weighted by atomic mass is 10.2. The van der Waals surface area contributed by atoms with Crippen molar-refractivity contribution >= 4 is 35.8 Å². The molecule has 2 atom stereocenters. The fourth-order valence-corrected chi connectivity index (χ4v) is 2.84. The summed E-state index contributed by atoms with van der Waals surface area (Å²) in [5.74, 6) is -3.04. The third-order valence-electron chi connectivity index (χ3n) is 5.38. The molecule has 0 saturated heterocycles. The van der Waals surface area contributed by atoms with Crippen molar-refractivity contribution in [3.8, 4) is 0 Å². The normalized spacial score (nSPS) is 11.4. The fourth-order valence-electron chi connectivity index (χ4n) is 2.84. The minimum atomic E-state index is -1.02. The number of aliphatic hydroxyl groups excluding tert-OH is 3. The van der Waals surface area contributed by atoms with Gasteiger partial charge in [-0.3, -0.25) is 0 Å². The predicted octanol–water partition coefficient (Wildman–Crippen LogP) is 1.40. The Morgan fingerprint density at radius 3 is 0.849 bits per heavy atom. The Bertz CT molecular complexity index is 1030. The second-order valence-corrected chi connectivity index (χ2v) is 9.96. The molecule has 3 N–H and O–H groups in total. The smallest absolute Gasteiger partial charge is 0.330 e. The zero-order chi connectivity index (χ0) is 40.7. The van der Waals surface area contributed by atoms with Gasteiger partial charge in [0.25, 0.3) is 0 Å². The molecule has 0 aliphatic rings. The van der Waals surface area contributed by atoms with Crippen LogP contribution in [0.3, 0.4) is 0 Å². The summed E-state index contributed by atoms with van der Waals surface area (Å²) in [6.07, 6.45) is 7.36. The van der Waals surface area contributed by atoms with Gasteiger partial charge in [-0.25, -0.2) is 28.8 Å². The average Bonchev–Trinajstić information content (AvgIpc) is 3.16. The summed E-state index contributed by atoms with van der Waals surface area (Å²) in [4.78, 5) is 63.8. The van der Waals surface area contributed by atoms with Gasteiger partial charge in [0.15, 0.2) is 0 Å². The Hall–Kier alpha value is -4.94. The Morgan fingerprint density at radius 2 is 0.585 bits per heavy atom. The van der Waals surface area contributed by atoms with Crippen molar-refractivity contribution in [3.05, 3.63) is 75.9 Å². The van der Waals surface area contributed by atoms with Gasteiger partial charge in [-0.15, -0.1) is 0 Å². The number of aliphatic hydroxyl groups is 3. The van der Waals surface area contributed by atoms with Crippen LogP contribution in [0.15, 0.2) is 75.9 Å². The summed E-state index contributed by atoms with van der Waals surface area (Å²) in [6, 6.07) is 0. The molecule has 0 aromatic heterocycles. The van der Waals surface area contributed by atoms with E-state index in [-0.39, 0.29) is 64.8 Å². The number of carbonyl (C=O) groups excluding carboxylic acids is 6. The Kier molecular flexibility index (Phi) is 37.9. The molecule has 0 rings (SSSR count). The number of unbranched alkanes of at least 4 members (excludes halogenated alkanes) is 3. The lowest BCUT2D eigenvalue weighted by Crippen LogP contribution is -2.30. The minimum absolute atomic E-state index is 0.117. The second-order valence-electron chi connectivity index (χ2n) is 9.96. The van der Waals surface area contributed by atoms with Crippen molar-refractivity contribution in [1.29, 1.82) is 0 Å². The highest BCUT2D eigenvalue weighted by Gasteiger charge is 2.12. The average molecular weight is 759 g/mol. The van der Waals surface area contributed by atoms with Crippen LogP contribution in [-0.2, 0) is 66.7 Å². The maximum Gasteiger partial charge on any atom is 0.330 e. The van der Waals surface area contributed by atoms with E-state index in [1.165, 1.54) is 0 Å². The van der Waals surface area contributed by atoms with Crippen LogP contribution >= 0.6 is 0 Å². The molecule has 0 radical (unpaired) electrons. The van der Waals surface area contributed by atoms with Gasteiger partial charge in [0.2, 0.25) is 0 Å². The maximum atomic E-state index is 10.8. The summed E-state index contributed by atoms with van der Waals surface area (Å²) in [5, 5.41) is 28.5. The largest absolute Gasteiger partial charge is 0.463 e. The number of esters is 6. The van der Waals surface area contributed by atoms with E-state index in [9.17, 15) is 44.1 Å². The van der Waals surface area contributed by atoms with Crippen LogP contribution in [0.5, 0.6) is 0 Å². The van der Waals surface area contributed by atoms with Gasteiger partial charge >= 0.3 is 35.8 Å². The van der Waals surface area contributed by atoms with Gasteiger partial charge in [0.1, 0.15) is 31.5 Å². The van der Waals surface area contributed by atoms with Crippen LogP contribution in [0.4, 0.5) is 0 Å². The first-order valence-corrected chi connectivity index (χ1v) is 16.2. The van der Waals surface area contributed by atoms with E-state index in [2.05, 4.69) is 58.4 Å². The standard InChI is InChI=1S/C15H24O9.C12H18O4.C9H12O4/c1-3-14(19)23-9-12(17)7-21-5-11(16)6-22-8-13(18)10-24-15(20)4-2;1-3-11(13)15-9-7-5-6-8-10-16-12(14)4-2;1-3-8(10)12-6-5-7-13-9(11)4-2/h3-4,11-13,16-18H,1-2,5-10H2;3-4H,1-2,5-10H2;3-4H,1-2,5-7H2. The first kappa shape index (κ1) is 52.4. The van der Waals surface area contributed by atoms with Crippen molar-refractivity contribution in [2.75, 3.05) is 66.1 Å². The first-order valence-electron chi connectivity index (χ1n) is 16.2. The molecule has 17 heteroatoms. The van der Waals surface area contributed by atoms with Gasteiger partial charge in [-0.05, 0) is 25.7 Å². The highest BCUT2D eigenvalue weighted by atomic mass is 16.6. The molecule has 0 aromatic carbocycles. The van der Waals surface area contributed by atoms with Gasteiger partial charge in [0.05, 0.1) is 52.9 Å². The van der Waals surface area contributed by atoms with Crippen molar-refractivity contribution in [2.24, 2.45) is 0 Å². The van der Waals surface area contributed by atoms with Gasteiger partial charge < -0.3 is 53.2 Å². The fraction of sp³-hybridized carbons (Fsp3) is 0.500. The zero-order valence-electron chi connectivity index (χ0n) is 30.1. The molecule has 0 heterocycles. The van der Waals surface area contributed by atoms with Gasteiger partial charge in [-0.2, -0.15) is 0 Å². The molecule has 0 aromatic rings. The van der Waals surface area contributed by atoms with E-state index in [4.69, 9.17) is 18.9 Å². The monoisotopic (exact) mass is 758 g/mol. The molecule has 0 amide bonds. The van der Waals surface area contributed by atoms with Crippen LogP contribution in [-0.4, -0.2) is 136 Å². The molecule has 0 fully saturated rings. The van der Waals surface area contributed by atoms with Crippen molar-refractivity contribution in [3.63, 3.8) is 0 Å². The molecule has 0 aliphatic carbocycles. The molecule has 0 saturated carbocycles. The zero-order valence-corrected chi connectivity index (χ0v) is 30.1. The van der Waals surface area contributed by atoms with Gasteiger partial charge in [-0.1, -0.05) is 39.5 Å². The number of hydrogen-bond donors (Lipinski definition) is 3. The van der Waals surface area contributed by atoms with Crippen LogP contribution in [0.2, 0.25) is 0 Å². The molecular weight excluding hydrogens is 704 g/mol. The number of carbonyl (C=O) groups is 6. The summed E-state index contributed by atoms with van der Waals surface area (Å²) in [5.41, 5.74) is 0. The minimum Gasteiger partial charge on any atom is -0.463 e. The van der Waals surface area contributed by atoms with Crippen molar-refractivity contribution in [1.82, 2.24) is 0 Å². The summed E-state index contributed by atoms with van der Waals surface area (Å²) < 4.78 is 38.1. The number of rotatable bonds is 29. The van der Waals surface area contributed by atoms with Crippen LogP contribution in [0.25, 0.3) is 0 Å². The van der Waals surface area contributed by atoms with E-state index in [0.29, 0.717) is 19.6 Å². The van der Waals surface area contributed by atoms with Crippen LogP contribution in [0, 0.1) is 0 Å². The van der Waals surface area contributed by atoms with Crippen LogP contribution in [0.1, 0.15) is 32.1 Å². The molecule has 2 unspecified atom stereocenters. The summed E-state index contributed by atoms with van der Waals surface area (Å²) >= 11 is 0. The summed E-state index contributed by atoms with van der Waals surface area (Å²) in [7, 11) is 0. The Balaban J connectivity index is -0.000000749. The lowest BCUT2D eigenvalue weighted by molar-refractivity contribution is -0.143. The SMILES string of the molecule is C=CC(=O)OCC(O)COCC(O)COCC(O)COC(=O)C=C.C=CC(=O)OCCCCCCOC(=O)C=C.C=CC(=O)OCCCOC(=O)C=C. The van der Waals surface area contributed by atoms with E-state index >= 15 is 0 Å². The lowest BCUT2D eigenvalue weighted by Gasteiger charge is -2.16. The highest BCUT2D eigenvalue weighted by molar-refractivity contribution is 5.82. The molecule has 17 nitrogen and oxygen atoms in total. The highest BCUT2D eigenvalue weighted by Crippen LogP contribution is 2.01. The third-order valence-corrected chi connectivity index (χ3v) is 5.38. The quantitative estimate of drug-likeness (QED) is 0.0423. The van der Waals surface area contributed by atoms with Crippen molar-refractivity contribution < 1.29 is 82.0 Å². The molecule has 53 heavy (non-hydrogen) atoms. The predicted molar refractivity (Wildman–Crippen MR) is 190 cm³/mol. The third kappa shape index (κ3) is 41.4. The molecule has 0 spiro atoms. The maximum absolute atomic E-state index is 10.8. The number of ether oxygens (including phenoxy) is 8. The molecular formula is C36H54O17. The van der Waals surface area contributed by atoms with E-state index in [1.807, 2.05) is 0 Å². The Labute approximate surface area is 310 Å². The van der Waals surface area contributed by atoms with E-state index in [1.54, 1.807) is 0 Å². The first-order chi connectivity index (χ1) is 25.3.